The predicted octanol–water partition coefficient (Wildman–Crippen LogP) is 2.26. The Hall–Kier alpha value is -2.08. The van der Waals surface area contributed by atoms with Crippen molar-refractivity contribution in [3.05, 3.63) is 24.3 Å². The largest absolute Gasteiger partial charge is 0.339 e. The van der Waals surface area contributed by atoms with Crippen LogP contribution in [0.25, 0.3) is 0 Å². The molecule has 0 bridgehead atoms. The number of nitriles is 1. The molecule has 1 aromatic rings. The van der Waals surface area contributed by atoms with E-state index >= 15 is 0 Å². The van der Waals surface area contributed by atoms with Crippen LogP contribution in [0.4, 0.5) is 5.69 Å². The van der Waals surface area contributed by atoms with Gasteiger partial charge >= 0.3 is 0 Å². The van der Waals surface area contributed by atoms with Crippen molar-refractivity contribution in [2.24, 2.45) is 0 Å². The number of nitrogens with one attached hydrogen (secondary N) is 1. The number of likely N-dealkylation sites (tertiary alicyclic amines) is 1. The molecule has 162 valence electrons. The number of nitrogens with zero attached hydrogens (tertiary/aromatic N) is 4. The maximum atomic E-state index is 12.6. The molecule has 7 nitrogen and oxygen atoms in total. The van der Waals surface area contributed by atoms with Crippen molar-refractivity contribution in [3.63, 3.8) is 0 Å². The number of piperazine rings is 1. The minimum Gasteiger partial charge on any atom is -0.339 e. The van der Waals surface area contributed by atoms with Gasteiger partial charge in [-0.2, -0.15) is 5.26 Å². The van der Waals surface area contributed by atoms with Gasteiger partial charge in [-0.05, 0) is 38.3 Å². The SMILES string of the molecule is CC1CCCCN1C(=O)CN1CCN(CC(=O)Nc2ccccc2SCC#N)CC1. The van der Waals surface area contributed by atoms with Gasteiger partial charge in [-0.3, -0.25) is 19.4 Å². The monoisotopic (exact) mass is 429 g/mol. The maximum absolute atomic E-state index is 12.6. The van der Waals surface area contributed by atoms with Crippen molar-refractivity contribution in [2.75, 3.05) is 56.9 Å². The zero-order chi connectivity index (χ0) is 21.3. The average Bonchev–Trinajstić information content (AvgIpc) is 2.74. The fraction of sp³-hybridized carbons (Fsp3) is 0.591. The first-order chi connectivity index (χ1) is 14.6. The number of carbonyl (C=O) groups is 2. The highest BCUT2D eigenvalue weighted by molar-refractivity contribution is 7.99. The van der Waals surface area contributed by atoms with Gasteiger partial charge in [0, 0.05) is 43.7 Å². The van der Waals surface area contributed by atoms with Crippen LogP contribution in [0, 0.1) is 11.3 Å². The van der Waals surface area contributed by atoms with Crippen molar-refractivity contribution in [1.29, 1.82) is 5.26 Å². The summed E-state index contributed by atoms with van der Waals surface area (Å²) in [6.45, 7) is 7.00. The summed E-state index contributed by atoms with van der Waals surface area (Å²) in [7, 11) is 0. The third-order valence-electron chi connectivity index (χ3n) is 5.77. The van der Waals surface area contributed by atoms with Crippen LogP contribution in [-0.2, 0) is 9.59 Å². The average molecular weight is 430 g/mol. The standard InChI is InChI=1S/C22H31N5O2S/c1-18-6-4-5-10-27(18)22(29)17-26-13-11-25(12-14-26)16-21(28)24-19-7-2-3-8-20(19)30-15-9-23/h2-3,7-8,18H,4-6,10-17H2,1H3,(H,24,28). The zero-order valence-corrected chi connectivity index (χ0v) is 18.5. The molecule has 1 N–H and O–H groups in total. The van der Waals surface area contributed by atoms with Gasteiger partial charge in [-0.1, -0.05) is 12.1 Å². The van der Waals surface area contributed by atoms with Crippen LogP contribution in [0.3, 0.4) is 0 Å². The quantitative estimate of drug-likeness (QED) is 0.670. The third kappa shape index (κ3) is 6.46. The number of rotatable bonds is 7. The molecular weight excluding hydrogens is 398 g/mol. The second-order valence-electron chi connectivity index (χ2n) is 7.98. The lowest BCUT2D eigenvalue weighted by atomic mass is 10.0. The van der Waals surface area contributed by atoms with E-state index in [1.54, 1.807) is 0 Å². The van der Waals surface area contributed by atoms with Crippen LogP contribution in [-0.4, -0.2) is 84.1 Å². The molecule has 2 heterocycles. The number of hydrogen-bond donors (Lipinski definition) is 1. The summed E-state index contributed by atoms with van der Waals surface area (Å²) in [4.78, 5) is 32.4. The van der Waals surface area contributed by atoms with E-state index in [-0.39, 0.29) is 11.8 Å². The first kappa shape index (κ1) is 22.6. The summed E-state index contributed by atoms with van der Waals surface area (Å²) in [6, 6.07) is 10.0. The van der Waals surface area contributed by atoms with Crippen molar-refractivity contribution in [1.82, 2.24) is 14.7 Å². The van der Waals surface area contributed by atoms with Gasteiger partial charge in [-0.25, -0.2) is 0 Å². The minimum absolute atomic E-state index is 0.0494. The van der Waals surface area contributed by atoms with Crippen molar-refractivity contribution in [2.45, 2.75) is 37.1 Å². The Kier molecular flexibility index (Phi) is 8.55. The summed E-state index contributed by atoms with van der Waals surface area (Å²) in [5.41, 5.74) is 0.752. The molecule has 0 spiro atoms. The molecule has 1 aromatic carbocycles. The topological polar surface area (TPSA) is 79.7 Å². The molecule has 0 aromatic heterocycles. The highest BCUT2D eigenvalue weighted by Gasteiger charge is 2.26. The molecule has 0 radical (unpaired) electrons. The first-order valence-corrected chi connectivity index (χ1v) is 11.7. The van der Waals surface area contributed by atoms with Gasteiger partial charge < -0.3 is 10.2 Å². The molecule has 3 rings (SSSR count). The van der Waals surface area contributed by atoms with Crippen LogP contribution in [0.1, 0.15) is 26.2 Å². The number of amides is 2. The van der Waals surface area contributed by atoms with Crippen LogP contribution in [0.5, 0.6) is 0 Å². The number of carbonyl (C=O) groups excluding carboxylic acids is 2. The fourth-order valence-corrected chi connectivity index (χ4v) is 4.72. The fourth-order valence-electron chi connectivity index (χ4n) is 4.05. The molecule has 2 amide bonds. The van der Waals surface area contributed by atoms with Crippen LogP contribution < -0.4 is 5.32 Å². The van der Waals surface area contributed by atoms with E-state index in [4.69, 9.17) is 5.26 Å². The Bertz CT molecular complexity index is 773. The molecule has 30 heavy (non-hydrogen) atoms. The predicted molar refractivity (Wildman–Crippen MR) is 119 cm³/mol. The summed E-state index contributed by atoms with van der Waals surface area (Å²) < 4.78 is 0. The Morgan fingerprint density at radius 2 is 1.80 bits per heavy atom. The molecule has 1 atom stereocenters. The normalized spacial score (nSPS) is 20.5. The van der Waals surface area contributed by atoms with Gasteiger partial charge in [0.05, 0.1) is 30.6 Å². The molecule has 0 aliphatic carbocycles. The Balaban J connectivity index is 1.42. The first-order valence-electron chi connectivity index (χ1n) is 10.7. The molecule has 1 unspecified atom stereocenters. The van der Waals surface area contributed by atoms with Crippen molar-refractivity contribution in [3.8, 4) is 6.07 Å². The Labute approximate surface area is 183 Å². The smallest absolute Gasteiger partial charge is 0.238 e. The number of piperidine rings is 1. The molecule has 0 saturated carbocycles. The number of thioether (sulfide) groups is 1. The summed E-state index contributed by atoms with van der Waals surface area (Å²) >= 11 is 1.42. The number of anilines is 1. The van der Waals surface area contributed by atoms with E-state index in [2.05, 4.69) is 28.1 Å². The highest BCUT2D eigenvalue weighted by atomic mass is 32.2. The second-order valence-corrected chi connectivity index (χ2v) is 8.99. The maximum Gasteiger partial charge on any atom is 0.238 e. The molecular formula is C22H31N5O2S. The van der Waals surface area contributed by atoms with Crippen LogP contribution in [0.15, 0.2) is 29.2 Å². The molecule has 2 aliphatic rings. The van der Waals surface area contributed by atoms with Gasteiger partial charge in [-0.15, -0.1) is 11.8 Å². The van der Waals surface area contributed by atoms with E-state index in [1.807, 2.05) is 29.2 Å². The summed E-state index contributed by atoms with van der Waals surface area (Å²) in [5, 5.41) is 11.8. The minimum atomic E-state index is -0.0494. The van der Waals surface area contributed by atoms with E-state index in [0.717, 1.165) is 56.1 Å². The lowest BCUT2D eigenvalue weighted by Crippen LogP contribution is -2.53. The lowest BCUT2D eigenvalue weighted by Gasteiger charge is -2.37. The zero-order valence-electron chi connectivity index (χ0n) is 17.7. The van der Waals surface area contributed by atoms with Gasteiger partial charge in [0.1, 0.15) is 0 Å². The highest BCUT2D eigenvalue weighted by Crippen LogP contribution is 2.26. The van der Waals surface area contributed by atoms with Crippen molar-refractivity contribution < 1.29 is 9.59 Å². The van der Waals surface area contributed by atoms with Gasteiger partial charge in [0.25, 0.3) is 0 Å². The molecule has 2 fully saturated rings. The van der Waals surface area contributed by atoms with Gasteiger partial charge in [0.2, 0.25) is 11.8 Å². The third-order valence-corrected chi connectivity index (χ3v) is 6.71. The van der Waals surface area contributed by atoms with E-state index in [1.165, 1.54) is 18.2 Å². The number of hydrogen-bond acceptors (Lipinski definition) is 6. The molecule has 8 heteroatoms. The second kappa shape index (κ2) is 11.3. The lowest BCUT2D eigenvalue weighted by molar-refractivity contribution is -0.136. The van der Waals surface area contributed by atoms with Crippen LogP contribution >= 0.6 is 11.8 Å². The van der Waals surface area contributed by atoms with Crippen LogP contribution in [0.2, 0.25) is 0 Å². The molecule has 2 aliphatic heterocycles. The van der Waals surface area contributed by atoms with E-state index in [9.17, 15) is 9.59 Å². The van der Waals surface area contributed by atoms with E-state index in [0.29, 0.717) is 24.9 Å². The number of para-hydroxylation sites is 1. The Morgan fingerprint density at radius 1 is 1.10 bits per heavy atom. The summed E-state index contributed by atoms with van der Waals surface area (Å²) in [5.74, 6) is 0.538. The Morgan fingerprint density at radius 3 is 2.50 bits per heavy atom. The summed E-state index contributed by atoms with van der Waals surface area (Å²) in [6.07, 6.45) is 3.43. The van der Waals surface area contributed by atoms with Crippen molar-refractivity contribution >= 4 is 29.3 Å². The van der Waals surface area contributed by atoms with E-state index < -0.39 is 0 Å². The number of benzene rings is 1. The van der Waals surface area contributed by atoms with Gasteiger partial charge in [0.15, 0.2) is 0 Å². The molecule has 2 saturated heterocycles.